The van der Waals surface area contributed by atoms with E-state index in [4.69, 9.17) is 4.42 Å². The Labute approximate surface area is 185 Å². The Kier molecular flexibility index (Phi) is 6.89. The van der Waals surface area contributed by atoms with Crippen LogP contribution >= 0.6 is 0 Å². The van der Waals surface area contributed by atoms with Gasteiger partial charge in [0.1, 0.15) is 5.82 Å². The molecule has 166 valence electrons. The van der Waals surface area contributed by atoms with Gasteiger partial charge in [0.25, 0.3) is 0 Å². The quantitative estimate of drug-likeness (QED) is 0.614. The number of amides is 2. The Morgan fingerprint density at radius 2 is 1.94 bits per heavy atom. The summed E-state index contributed by atoms with van der Waals surface area (Å²) in [7, 11) is 0. The maximum absolute atomic E-state index is 13.9. The number of carbonyl (C=O) groups is 2. The van der Waals surface area contributed by atoms with Crippen LogP contribution in [-0.4, -0.2) is 39.8 Å². The number of hydrogen-bond acceptors (Lipinski definition) is 5. The molecule has 0 aliphatic carbocycles. The third kappa shape index (κ3) is 5.38. The first kappa shape index (κ1) is 21.7. The van der Waals surface area contributed by atoms with Crippen molar-refractivity contribution in [1.29, 1.82) is 0 Å². The fourth-order valence-electron chi connectivity index (χ4n) is 3.81. The number of pyridine rings is 1. The fourth-order valence-corrected chi connectivity index (χ4v) is 3.81. The van der Waals surface area contributed by atoms with E-state index in [1.807, 2.05) is 12.1 Å². The third-order valence-corrected chi connectivity index (χ3v) is 5.65. The summed E-state index contributed by atoms with van der Waals surface area (Å²) in [6, 6.07) is 10.1. The van der Waals surface area contributed by atoms with Gasteiger partial charge in [-0.15, -0.1) is 0 Å². The Hall–Kier alpha value is -3.55. The predicted octanol–water partition coefficient (Wildman–Crippen LogP) is 3.36. The third-order valence-electron chi connectivity index (χ3n) is 5.65. The molecule has 3 heterocycles. The number of aromatic nitrogens is 2. The molecule has 4 rings (SSSR count). The summed E-state index contributed by atoms with van der Waals surface area (Å²) in [4.78, 5) is 35.0. The summed E-state index contributed by atoms with van der Waals surface area (Å²) in [6.07, 6.45) is 6.79. The van der Waals surface area contributed by atoms with Crippen LogP contribution in [-0.2, 0) is 22.6 Å². The summed E-state index contributed by atoms with van der Waals surface area (Å²) < 4.78 is 19.5. The number of nitrogens with zero attached hydrogens (tertiary/aromatic N) is 3. The zero-order valence-corrected chi connectivity index (χ0v) is 17.7. The molecule has 1 aromatic carbocycles. The molecule has 1 aliphatic heterocycles. The Bertz CT molecular complexity index is 1060. The summed E-state index contributed by atoms with van der Waals surface area (Å²) >= 11 is 0. The van der Waals surface area contributed by atoms with E-state index in [0.717, 1.165) is 5.56 Å². The van der Waals surface area contributed by atoms with Gasteiger partial charge in [-0.25, -0.2) is 9.37 Å². The number of benzene rings is 1. The molecule has 0 saturated carbocycles. The second-order valence-electron chi connectivity index (χ2n) is 7.83. The van der Waals surface area contributed by atoms with Crippen molar-refractivity contribution in [2.45, 2.75) is 32.2 Å². The van der Waals surface area contributed by atoms with Crippen LogP contribution in [0.2, 0.25) is 0 Å². The first-order valence-corrected chi connectivity index (χ1v) is 10.7. The first-order chi connectivity index (χ1) is 15.6. The highest BCUT2D eigenvalue weighted by Crippen LogP contribution is 2.24. The Morgan fingerprint density at radius 1 is 1.12 bits per heavy atom. The van der Waals surface area contributed by atoms with E-state index in [9.17, 15) is 14.0 Å². The predicted molar refractivity (Wildman–Crippen MR) is 116 cm³/mol. The van der Waals surface area contributed by atoms with Crippen molar-refractivity contribution in [2.24, 2.45) is 5.92 Å². The zero-order valence-electron chi connectivity index (χ0n) is 17.7. The Morgan fingerprint density at radius 3 is 2.69 bits per heavy atom. The normalized spacial score (nSPS) is 14.3. The lowest BCUT2D eigenvalue weighted by atomic mass is 9.95. The molecule has 1 aliphatic rings. The summed E-state index contributed by atoms with van der Waals surface area (Å²) in [5.74, 6) is 0.306. The van der Waals surface area contributed by atoms with Crippen molar-refractivity contribution in [3.8, 4) is 11.3 Å². The molecular weight excluding hydrogens is 411 g/mol. The van der Waals surface area contributed by atoms with Crippen molar-refractivity contribution in [3.63, 3.8) is 0 Å². The highest BCUT2D eigenvalue weighted by atomic mass is 19.1. The van der Waals surface area contributed by atoms with E-state index in [1.165, 1.54) is 12.3 Å². The monoisotopic (exact) mass is 436 g/mol. The number of likely N-dealkylation sites (tertiary alicyclic amines) is 1. The lowest BCUT2D eigenvalue weighted by Crippen LogP contribution is -2.43. The molecule has 1 saturated heterocycles. The lowest BCUT2D eigenvalue weighted by molar-refractivity contribution is -0.135. The van der Waals surface area contributed by atoms with Crippen LogP contribution in [0.1, 0.15) is 30.7 Å². The highest BCUT2D eigenvalue weighted by Gasteiger charge is 2.27. The molecule has 8 heteroatoms. The molecule has 0 spiro atoms. The van der Waals surface area contributed by atoms with E-state index in [2.05, 4.69) is 15.3 Å². The van der Waals surface area contributed by atoms with Gasteiger partial charge < -0.3 is 14.6 Å². The molecule has 1 N–H and O–H groups in total. The van der Waals surface area contributed by atoms with Crippen LogP contribution in [0.5, 0.6) is 0 Å². The molecule has 7 nitrogen and oxygen atoms in total. The second-order valence-corrected chi connectivity index (χ2v) is 7.83. The SMILES string of the molecule is O=C(NCc1cccnc1)C1CCN(C(=O)CCc2ncc(-c3ccccc3F)o2)CC1. The highest BCUT2D eigenvalue weighted by molar-refractivity contribution is 5.80. The number of hydrogen-bond donors (Lipinski definition) is 1. The first-order valence-electron chi connectivity index (χ1n) is 10.7. The zero-order chi connectivity index (χ0) is 22.3. The molecule has 0 bridgehead atoms. The van der Waals surface area contributed by atoms with E-state index in [-0.39, 0.29) is 30.0 Å². The fraction of sp³-hybridized carbons (Fsp3) is 0.333. The van der Waals surface area contributed by atoms with Crippen LogP contribution in [0, 0.1) is 11.7 Å². The minimum Gasteiger partial charge on any atom is -0.441 e. The number of nitrogens with one attached hydrogen (secondary N) is 1. The number of aryl methyl sites for hydroxylation is 1. The van der Waals surface area contributed by atoms with Gasteiger partial charge in [-0.3, -0.25) is 14.6 Å². The smallest absolute Gasteiger partial charge is 0.223 e. The molecule has 0 radical (unpaired) electrons. The van der Waals surface area contributed by atoms with Crippen molar-refractivity contribution >= 4 is 11.8 Å². The summed E-state index contributed by atoms with van der Waals surface area (Å²) in [6.45, 7) is 1.56. The standard InChI is InChI=1S/C24H25FN4O3/c25-20-6-2-1-5-19(20)21-16-27-22(32-21)7-8-23(30)29-12-9-18(10-13-29)24(31)28-15-17-4-3-11-26-14-17/h1-6,11,14,16,18H,7-10,12-13,15H2,(H,28,31). The molecule has 32 heavy (non-hydrogen) atoms. The van der Waals surface area contributed by atoms with Gasteiger partial charge in [0.05, 0.1) is 11.8 Å². The number of halogens is 1. The summed E-state index contributed by atoms with van der Waals surface area (Å²) in [5, 5.41) is 2.95. The maximum atomic E-state index is 13.9. The number of piperidine rings is 1. The second kappa shape index (κ2) is 10.2. The number of carbonyl (C=O) groups excluding carboxylic acids is 2. The van der Waals surface area contributed by atoms with Gasteiger partial charge in [-0.2, -0.15) is 0 Å². The van der Waals surface area contributed by atoms with E-state index < -0.39 is 0 Å². The van der Waals surface area contributed by atoms with Gasteiger partial charge in [-0.1, -0.05) is 18.2 Å². The average Bonchev–Trinajstić information content (AvgIpc) is 3.31. The molecule has 0 atom stereocenters. The van der Waals surface area contributed by atoms with Crippen LogP contribution in [0.3, 0.4) is 0 Å². The van der Waals surface area contributed by atoms with E-state index in [1.54, 1.807) is 35.5 Å². The van der Waals surface area contributed by atoms with Gasteiger partial charge in [0.15, 0.2) is 11.7 Å². The topological polar surface area (TPSA) is 88.3 Å². The molecular formula is C24H25FN4O3. The van der Waals surface area contributed by atoms with Crippen molar-refractivity contribution in [2.75, 3.05) is 13.1 Å². The molecule has 2 amide bonds. The molecule has 0 unspecified atom stereocenters. The van der Waals surface area contributed by atoms with Gasteiger partial charge >= 0.3 is 0 Å². The maximum Gasteiger partial charge on any atom is 0.223 e. The Balaban J connectivity index is 1.21. The summed E-state index contributed by atoms with van der Waals surface area (Å²) in [5.41, 5.74) is 1.31. The molecule has 1 fully saturated rings. The van der Waals surface area contributed by atoms with Crippen LogP contribution in [0.15, 0.2) is 59.4 Å². The average molecular weight is 436 g/mol. The van der Waals surface area contributed by atoms with Crippen molar-refractivity contribution < 1.29 is 18.4 Å². The molecule has 3 aromatic rings. The number of rotatable bonds is 7. The van der Waals surface area contributed by atoms with Gasteiger partial charge in [0.2, 0.25) is 11.8 Å². The number of oxazole rings is 1. The molecule has 2 aromatic heterocycles. The van der Waals surface area contributed by atoms with E-state index >= 15 is 0 Å². The van der Waals surface area contributed by atoms with Crippen LogP contribution < -0.4 is 5.32 Å². The minimum absolute atomic E-state index is 0.00450. The van der Waals surface area contributed by atoms with Crippen LogP contribution in [0.4, 0.5) is 4.39 Å². The van der Waals surface area contributed by atoms with Crippen LogP contribution in [0.25, 0.3) is 11.3 Å². The van der Waals surface area contributed by atoms with E-state index in [0.29, 0.717) is 56.1 Å². The largest absolute Gasteiger partial charge is 0.441 e. The minimum atomic E-state index is -0.376. The van der Waals surface area contributed by atoms with Crippen molar-refractivity contribution in [3.05, 3.63) is 72.3 Å². The van der Waals surface area contributed by atoms with Gasteiger partial charge in [0, 0.05) is 50.8 Å². The van der Waals surface area contributed by atoms with Gasteiger partial charge in [-0.05, 0) is 36.6 Å². The van der Waals surface area contributed by atoms with Crippen molar-refractivity contribution in [1.82, 2.24) is 20.2 Å². The lowest BCUT2D eigenvalue weighted by Gasteiger charge is -2.31.